The molecule has 2 heterocycles. The van der Waals surface area contributed by atoms with E-state index in [-0.39, 0.29) is 12.3 Å². The third-order valence-electron chi connectivity index (χ3n) is 5.62. The number of carbonyl (C=O) groups is 5. The van der Waals surface area contributed by atoms with Crippen LogP contribution in [-0.2, 0) is 24.0 Å². The van der Waals surface area contributed by atoms with Crippen molar-refractivity contribution in [3.8, 4) is 0 Å². The van der Waals surface area contributed by atoms with Crippen LogP contribution in [0.25, 0.3) is 0 Å². The number of amides is 4. The molecule has 0 aliphatic carbocycles. The highest BCUT2D eigenvalue weighted by Gasteiger charge is 2.43. The number of likely N-dealkylation sites (tertiary alicyclic amines) is 2. The SMILES string of the molecule is CSCCC(NC(=O)C(N)CC(N)=O)C(=O)N1CCCC1C(=O)N1CCCC1C(=O)O. The zero-order chi connectivity index (χ0) is 23.1. The number of hydrogen-bond donors (Lipinski definition) is 4. The Labute approximate surface area is 185 Å². The van der Waals surface area contributed by atoms with Gasteiger partial charge in [0.1, 0.15) is 18.1 Å². The summed E-state index contributed by atoms with van der Waals surface area (Å²) in [7, 11) is 0. The topological polar surface area (TPSA) is 176 Å². The third-order valence-corrected chi connectivity index (χ3v) is 6.27. The van der Waals surface area contributed by atoms with Gasteiger partial charge >= 0.3 is 5.97 Å². The molecule has 0 aromatic heterocycles. The normalized spacial score (nSPS) is 22.8. The minimum absolute atomic E-state index is 0.327. The van der Waals surface area contributed by atoms with Gasteiger partial charge in [-0.25, -0.2) is 4.79 Å². The number of nitrogens with zero attached hydrogens (tertiary/aromatic N) is 2. The van der Waals surface area contributed by atoms with Gasteiger partial charge in [0.15, 0.2) is 0 Å². The van der Waals surface area contributed by atoms with Gasteiger partial charge in [-0.15, -0.1) is 0 Å². The summed E-state index contributed by atoms with van der Waals surface area (Å²) in [5, 5.41) is 12.0. The van der Waals surface area contributed by atoms with Crippen LogP contribution in [0.3, 0.4) is 0 Å². The summed E-state index contributed by atoms with van der Waals surface area (Å²) in [5.74, 6) is -2.62. The Morgan fingerprint density at radius 2 is 1.71 bits per heavy atom. The van der Waals surface area contributed by atoms with Crippen LogP contribution in [0, 0.1) is 0 Å². The van der Waals surface area contributed by atoms with Crippen molar-refractivity contribution in [2.75, 3.05) is 25.1 Å². The van der Waals surface area contributed by atoms with Crippen molar-refractivity contribution in [1.29, 1.82) is 0 Å². The molecule has 0 radical (unpaired) electrons. The monoisotopic (exact) mass is 457 g/mol. The molecule has 174 valence electrons. The van der Waals surface area contributed by atoms with Crippen LogP contribution >= 0.6 is 11.8 Å². The second-order valence-corrected chi connectivity index (χ2v) is 8.82. The summed E-state index contributed by atoms with van der Waals surface area (Å²) in [5.41, 5.74) is 10.8. The number of thioether (sulfide) groups is 1. The van der Waals surface area contributed by atoms with Gasteiger partial charge in [0.2, 0.25) is 23.6 Å². The second-order valence-electron chi connectivity index (χ2n) is 7.84. The molecule has 2 fully saturated rings. The lowest BCUT2D eigenvalue weighted by molar-refractivity contribution is -0.152. The number of aliphatic carboxylic acids is 1. The fourth-order valence-corrected chi connectivity index (χ4v) is 4.52. The average Bonchev–Trinajstić information content (AvgIpc) is 3.39. The minimum atomic E-state index is -1.17. The van der Waals surface area contributed by atoms with Gasteiger partial charge in [-0.1, -0.05) is 0 Å². The van der Waals surface area contributed by atoms with Gasteiger partial charge in [0.25, 0.3) is 0 Å². The number of nitrogens with one attached hydrogen (secondary N) is 1. The highest BCUT2D eigenvalue weighted by Crippen LogP contribution is 2.26. The van der Waals surface area contributed by atoms with E-state index in [1.807, 2.05) is 6.26 Å². The Bertz CT molecular complexity index is 720. The van der Waals surface area contributed by atoms with Gasteiger partial charge in [-0.3, -0.25) is 19.2 Å². The van der Waals surface area contributed by atoms with Gasteiger partial charge in [-0.05, 0) is 44.1 Å². The van der Waals surface area contributed by atoms with E-state index in [2.05, 4.69) is 5.32 Å². The number of nitrogens with two attached hydrogens (primary N) is 2. The molecule has 2 aliphatic rings. The molecule has 0 saturated carbocycles. The molecule has 4 unspecified atom stereocenters. The van der Waals surface area contributed by atoms with E-state index in [0.717, 1.165) is 0 Å². The van der Waals surface area contributed by atoms with Crippen LogP contribution in [0.4, 0.5) is 0 Å². The molecule has 0 aromatic rings. The first-order valence-corrected chi connectivity index (χ1v) is 11.7. The summed E-state index contributed by atoms with van der Waals surface area (Å²) in [6, 6.07) is -3.69. The van der Waals surface area contributed by atoms with Crippen molar-refractivity contribution >= 4 is 41.4 Å². The summed E-state index contributed by atoms with van der Waals surface area (Å²) in [6.45, 7) is 0.697. The predicted octanol–water partition coefficient (Wildman–Crippen LogP) is -1.51. The molecule has 11 nitrogen and oxygen atoms in total. The highest BCUT2D eigenvalue weighted by molar-refractivity contribution is 7.98. The molecule has 0 aromatic carbocycles. The summed E-state index contributed by atoms with van der Waals surface area (Å²) in [4.78, 5) is 64.0. The number of carbonyl (C=O) groups excluding carboxylic acids is 4. The van der Waals surface area contributed by atoms with E-state index in [4.69, 9.17) is 11.5 Å². The van der Waals surface area contributed by atoms with Gasteiger partial charge in [0, 0.05) is 13.1 Å². The molecule has 0 spiro atoms. The average molecular weight is 458 g/mol. The maximum atomic E-state index is 13.3. The molecular formula is C19H31N5O6S. The van der Waals surface area contributed by atoms with Crippen LogP contribution < -0.4 is 16.8 Å². The lowest BCUT2D eigenvalue weighted by atomic mass is 10.1. The molecular weight excluding hydrogens is 426 g/mol. The zero-order valence-corrected chi connectivity index (χ0v) is 18.4. The van der Waals surface area contributed by atoms with Gasteiger partial charge in [0.05, 0.1) is 12.5 Å². The minimum Gasteiger partial charge on any atom is -0.480 e. The summed E-state index contributed by atoms with van der Waals surface area (Å²) < 4.78 is 0. The van der Waals surface area contributed by atoms with E-state index in [9.17, 15) is 29.1 Å². The van der Waals surface area contributed by atoms with Crippen molar-refractivity contribution in [1.82, 2.24) is 15.1 Å². The van der Waals surface area contributed by atoms with Crippen molar-refractivity contribution in [3.05, 3.63) is 0 Å². The Hall–Kier alpha value is -2.34. The fraction of sp³-hybridized carbons (Fsp3) is 0.737. The van der Waals surface area contributed by atoms with E-state index >= 15 is 0 Å². The largest absolute Gasteiger partial charge is 0.480 e. The Kier molecular flexibility index (Phi) is 9.11. The van der Waals surface area contributed by atoms with Crippen molar-refractivity contribution < 1.29 is 29.1 Å². The number of carboxylic acids is 1. The predicted molar refractivity (Wildman–Crippen MR) is 114 cm³/mol. The number of rotatable bonds is 10. The maximum absolute atomic E-state index is 13.3. The number of primary amides is 1. The van der Waals surface area contributed by atoms with Crippen LogP contribution in [0.2, 0.25) is 0 Å². The first kappa shape index (κ1) is 24.9. The van der Waals surface area contributed by atoms with Crippen molar-refractivity contribution in [3.63, 3.8) is 0 Å². The molecule has 4 amide bonds. The highest BCUT2D eigenvalue weighted by atomic mass is 32.2. The number of hydrogen-bond acceptors (Lipinski definition) is 7. The molecule has 12 heteroatoms. The molecule has 4 atom stereocenters. The second kappa shape index (κ2) is 11.3. The Balaban J connectivity index is 2.13. The first-order chi connectivity index (χ1) is 14.7. The van der Waals surface area contributed by atoms with Crippen molar-refractivity contribution in [2.24, 2.45) is 11.5 Å². The quantitative estimate of drug-likeness (QED) is 0.306. The summed E-state index contributed by atoms with van der Waals surface area (Å²) >= 11 is 1.50. The molecule has 6 N–H and O–H groups in total. The van der Waals surface area contributed by atoms with E-state index in [1.54, 1.807) is 0 Å². The third kappa shape index (κ3) is 6.33. The molecule has 2 saturated heterocycles. The Morgan fingerprint density at radius 1 is 1.10 bits per heavy atom. The number of carboxylic acid groups (broad SMARTS) is 1. The zero-order valence-electron chi connectivity index (χ0n) is 17.6. The fourth-order valence-electron chi connectivity index (χ4n) is 4.05. The summed E-state index contributed by atoms with van der Waals surface area (Å²) in [6.07, 6.45) is 3.90. The van der Waals surface area contributed by atoms with E-state index < -0.39 is 47.9 Å². The smallest absolute Gasteiger partial charge is 0.326 e. The maximum Gasteiger partial charge on any atom is 0.326 e. The Morgan fingerprint density at radius 3 is 2.29 bits per heavy atom. The van der Waals surface area contributed by atoms with E-state index in [0.29, 0.717) is 50.9 Å². The molecule has 2 aliphatic heterocycles. The van der Waals surface area contributed by atoms with Gasteiger partial charge < -0.3 is 31.7 Å². The van der Waals surface area contributed by atoms with Crippen LogP contribution in [0.5, 0.6) is 0 Å². The molecule has 0 bridgehead atoms. The van der Waals surface area contributed by atoms with E-state index in [1.165, 1.54) is 21.6 Å². The van der Waals surface area contributed by atoms with Gasteiger partial charge in [-0.2, -0.15) is 11.8 Å². The van der Waals surface area contributed by atoms with Crippen molar-refractivity contribution in [2.45, 2.75) is 62.7 Å². The van der Waals surface area contributed by atoms with Crippen LogP contribution in [-0.4, -0.2) is 93.8 Å². The first-order valence-electron chi connectivity index (χ1n) is 10.3. The lowest BCUT2D eigenvalue weighted by Gasteiger charge is -2.32. The van der Waals surface area contributed by atoms with Crippen LogP contribution in [0.15, 0.2) is 0 Å². The molecule has 2 rings (SSSR count). The standard InChI is InChI=1S/C19H31N5O6S/c1-31-9-6-12(22-16(26)11(20)10-15(21)25)17(27)23-7-2-4-13(23)18(28)24-8-3-5-14(24)19(29)30/h11-14H,2-10,20H2,1H3,(H2,21,25)(H,22,26)(H,29,30). The lowest BCUT2D eigenvalue weighted by Crippen LogP contribution is -2.57. The molecule has 31 heavy (non-hydrogen) atoms. The van der Waals surface area contributed by atoms with Crippen LogP contribution in [0.1, 0.15) is 38.5 Å².